The molecule has 0 heterocycles. The number of carbonyl (C=O) groups excluding carboxylic acids is 1. The van der Waals surface area contributed by atoms with Gasteiger partial charge in [0.05, 0.1) is 0 Å². The van der Waals surface area contributed by atoms with E-state index in [1.165, 1.54) is 6.42 Å². The second-order valence-electron chi connectivity index (χ2n) is 8.21. The molecule has 0 aromatic rings. The van der Waals surface area contributed by atoms with E-state index in [1.54, 1.807) is 0 Å². The molecule has 0 amide bonds. The van der Waals surface area contributed by atoms with Gasteiger partial charge in [0.25, 0.3) is 0 Å². The lowest BCUT2D eigenvalue weighted by atomic mass is 9.76. The van der Waals surface area contributed by atoms with Crippen molar-refractivity contribution in [2.24, 2.45) is 28.9 Å². The number of ether oxygens (including phenoxy) is 1. The molecule has 3 nitrogen and oxygen atoms in total. The van der Waals surface area contributed by atoms with Crippen LogP contribution in [0.2, 0.25) is 0 Å². The molecule has 3 heteroatoms. The number of esters is 1. The van der Waals surface area contributed by atoms with Crippen molar-refractivity contribution in [3.05, 3.63) is 0 Å². The van der Waals surface area contributed by atoms with Crippen LogP contribution in [0.4, 0.5) is 0 Å². The van der Waals surface area contributed by atoms with Gasteiger partial charge in [-0.3, -0.25) is 4.79 Å². The maximum Gasteiger partial charge on any atom is 0.306 e. The van der Waals surface area contributed by atoms with Gasteiger partial charge in [-0.25, -0.2) is 0 Å². The summed E-state index contributed by atoms with van der Waals surface area (Å²) >= 11 is 0. The van der Waals surface area contributed by atoms with Crippen molar-refractivity contribution in [3.8, 4) is 0 Å². The van der Waals surface area contributed by atoms with E-state index in [2.05, 4.69) is 34.6 Å². The summed E-state index contributed by atoms with van der Waals surface area (Å²) in [6.07, 6.45) is 5.85. The zero-order chi connectivity index (χ0) is 16.0. The Bertz CT molecular complexity index is 312. The summed E-state index contributed by atoms with van der Waals surface area (Å²) in [7, 11) is 0. The van der Waals surface area contributed by atoms with Gasteiger partial charge in [-0.2, -0.15) is 0 Å². The summed E-state index contributed by atoms with van der Waals surface area (Å²) in [4.78, 5) is 12.1. The first-order valence-electron chi connectivity index (χ1n) is 8.62. The Hall–Kier alpha value is -0.570. The average Bonchev–Trinajstić information content (AvgIpc) is 2.31. The number of carbonyl (C=O) groups is 1. The minimum atomic E-state index is -0.0208. The van der Waals surface area contributed by atoms with Crippen LogP contribution in [0.3, 0.4) is 0 Å². The highest BCUT2D eigenvalue weighted by molar-refractivity contribution is 5.69. The Morgan fingerprint density at radius 2 is 1.71 bits per heavy atom. The molecule has 1 fully saturated rings. The quantitative estimate of drug-likeness (QED) is 0.749. The molecular formula is C18H35NO2. The third-order valence-corrected chi connectivity index (χ3v) is 4.87. The van der Waals surface area contributed by atoms with Crippen molar-refractivity contribution in [2.75, 3.05) is 6.54 Å². The van der Waals surface area contributed by atoms with E-state index >= 15 is 0 Å². The van der Waals surface area contributed by atoms with Crippen LogP contribution < -0.4 is 5.73 Å². The molecule has 1 aliphatic rings. The van der Waals surface area contributed by atoms with E-state index in [4.69, 9.17) is 10.5 Å². The van der Waals surface area contributed by atoms with Crippen molar-refractivity contribution in [1.29, 1.82) is 0 Å². The molecule has 124 valence electrons. The van der Waals surface area contributed by atoms with E-state index in [0.717, 1.165) is 25.7 Å². The highest BCUT2D eigenvalue weighted by Gasteiger charge is 2.28. The number of nitrogens with two attached hydrogens (primary N) is 1. The normalized spacial score (nSPS) is 28.2. The van der Waals surface area contributed by atoms with Crippen molar-refractivity contribution in [2.45, 2.75) is 79.2 Å². The first-order chi connectivity index (χ1) is 9.72. The highest BCUT2D eigenvalue weighted by Crippen LogP contribution is 2.33. The highest BCUT2D eigenvalue weighted by atomic mass is 16.5. The topological polar surface area (TPSA) is 52.3 Å². The first-order valence-corrected chi connectivity index (χ1v) is 8.62. The molecule has 0 bridgehead atoms. The molecule has 0 aromatic carbocycles. The largest absolute Gasteiger partial charge is 0.462 e. The van der Waals surface area contributed by atoms with Crippen LogP contribution in [-0.2, 0) is 9.53 Å². The van der Waals surface area contributed by atoms with Gasteiger partial charge in [0.1, 0.15) is 6.10 Å². The monoisotopic (exact) mass is 297 g/mol. The molecule has 0 spiro atoms. The van der Waals surface area contributed by atoms with Crippen LogP contribution in [0.25, 0.3) is 0 Å². The van der Waals surface area contributed by atoms with E-state index < -0.39 is 0 Å². The van der Waals surface area contributed by atoms with Gasteiger partial charge in [0.15, 0.2) is 0 Å². The summed E-state index contributed by atoms with van der Waals surface area (Å²) in [5.41, 5.74) is 5.90. The van der Waals surface area contributed by atoms with E-state index in [1.807, 2.05) is 0 Å². The van der Waals surface area contributed by atoms with Crippen molar-refractivity contribution < 1.29 is 9.53 Å². The van der Waals surface area contributed by atoms with Gasteiger partial charge >= 0.3 is 5.97 Å². The molecule has 0 saturated heterocycles. The summed E-state index contributed by atoms with van der Waals surface area (Å²) in [5.74, 6) is 1.81. The minimum absolute atomic E-state index is 0.0208. The van der Waals surface area contributed by atoms with Gasteiger partial charge in [-0.05, 0) is 61.8 Å². The van der Waals surface area contributed by atoms with Gasteiger partial charge in [-0.1, -0.05) is 34.6 Å². The third kappa shape index (κ3) is 6.82. The molecule has 0 radical (unpaired) electrons. The smallest absolute Gasteiger partial charge is 0.306 e. The molecule has 0 aliphatic heterocycles. The Kier molecular flexibility index (Phi) is 7.19. The van der Waals surface area contributed by atoms with Crippen LogP contribution in [0.5, 0.6) is 0 Å². The number of hydrogen-bond acceptors (Lipinski definition) is 3. The van der Waals surface area contributed by atoms with Gasteiger partial charge in [0, 0.05) is 6.42 Å². The Labute approximate surface area is 131 Å². The summed E-state index contributed by atoms with van der Waals surface area (Å²) in [6.45, 7) is 11.9. The Morgan fingerprint density at radius 1 is 1.14 bits per heavy atom. The van der Waals surface area contributed by atoms with Crippen LogP contribution in [0.1, 0.15) is 73.1 Å². The molecule has 1 aliphatic carbocycles. The molecule has 21 heavy (non-hydrogen) atoms. The average molecular weight is 297 g/mol. The lowest BCUT2D eigenvalue weighted by molar-refractivity contribution is -0.152. The molecule has 2 N–H and O–H groups in total. The summed E-state index contributed by atoms with van der Waals surface area (Å²) in [6, 6.07) is 0. The molecule has 0 aromatic heterocycles. The second kappa shape index (κ2) is 8.17. The molecule has 3 unspecified atom stereocenters. The van der Waals surface area contributed by atoms with Crippen molar-refractivity contribution in [1.82, 2.24) is 0 Å². The molecule has 1 rings (SSSR count). The van der Waals surface area contributed by atoms with E-state index in [0.29, 0.717) is 30.7 Å². The predicted molar refractivity (Wildman–Crippen MR) is 87.9 cm³/mol. The van der Waals surface area contributed by atoms with Gasteiger partial charge in [0.2, 0.25) is 0 Å². The maximum atomic E-state index is 12.1. The minimum Gasteiger partial charge on any atom is -0.462 e. The molecule has 3 atom stereocenters. The molecule has 1 saturated carbocycles. The zero-order valence-corrected chi connectivity index (χ0v) is 14.7. The van der Waals surface area contributed by atoms with Crippen LogP contribution >= 0.6 is 0 Å². The summed E-state index contributed by atoms with van der Waals surface area (Å²) < 4.78 is 5.70. The Morgan fingerprint density at radius 3 is 2.19 bits per heavy atom. The van der Waals surface area contributed by atoms with Gasteiger partial charge < -0.3 is 10.5 Å². The number of hydrogen-bond donors (Lipinski definition) is 1. The summed E-state index contributed by atoms with van der Waals surface area (Å²) in [5, 5.41) is 0. The fraction of sp³-hybridized carbons (Fsp3) is 0.944. The SMILES string of the molecule is CC1CC(C)CC(OC(=O)CCC(CCN)C(C)(C)C)C1. The second-order valence-corrected chi connectivity index (χ2v) is 8.21. The number of rotatable bonds is 6. The standard InChI is InChI=1S/C18H35NO2/c1-13-10-14(2)12-16(11-13)21-17(20)7-6-15(8-9-19)18(3,4)5/h13-16H,6-12,19H2,1-5H3. The van der Waals surface area contributed by atoms with E-state index in [9.17, 15) is 4.79 Å². The lowest BCUT2D eigenvalue weighted by Crippen LogP contribution is -2.29. The fourth-order valence-corrected chi connectivity index (χ4v) is 3.72. The zero-order valence-electron chi connectivity index (χ0n) is 14.7. The third-order valence-electron chi connectivity index (χ3n) is 4.87. The van der Waals surface area contributed by atoms with Gasteiger partial charge in [-0.15, -0.1) is 0 Å². The van der Waals surface area contributed by atoms with Crippen LogP contribution in [-0.4, -0.2) is 18.6 Å². The van der Waals surface area contributed by atoms with Crippen molar-refractivity contribution in [3.63, 3.8) is 0 Å². The van der Waals surface area contributed by atoms with Crippen LogP contribution in [0, 0.1) is 23.2 Å². The Balaban J connectivity index is 2.39. The lowest BCUT2D eigenvalue weighted by Gasteiger charge is -2.32. The fourth-order valence-electron chi connectivity index (χ4n) is 3.72. The van der Waals surface area contributed by atoms with Crippen molar-refractivity contribution >= 4 is 5.97 Å². The van der Waals surface area contributed by atoms with E-state index in [-0.39, 0.29) is 17.5 Å². The molecular weight excluding hydrogens is 262 g/mol. The first kappa shape index (κ1) is 18.5. The maximum absolute atomic E-state index is 12.1. The predicted octanol–water partition coefficient (Wildman–Crippen LogP) is 4.15. The van der Waals surface area contributed by atoms with Crippen LogP contribution in [0.15, 0.2) is 0 Å².